The minimum atomic E-state index is -4.49. The third kappa shape index (κ3) is 5.38. The van der Waals surface area contributed by atoms with Crippen LogP contribution in [0.3, 0.4) is 0 Å². The van der Waals surface area contributed by atoms with Crippen molar-refractivity contribution in [2.75, 3.05) is 13.2 Å². The molecule has 4 aromatic rings. The van der Waals surface area contributed by atoms with Gasteiger partial charge in [-0.3, -0.25) is 4.79 Å². The van der Waals surface area contributed by atoms with Crippen LogP contribution in [0.2, 0.25) is 0 Å². The van der Waals surface area contributed by atoms with E-state index in [1.54, 1.807) is 49.4 Å². The normalized spacial score (nSPS) is 17.7. The van der Waals surface area contributed by atoms with Gasteiger partial charge in [0.25, 0.3) is 0 Å². The van der Waals surface area contributed by atoms with Crippen LogP contribution in [0.5, 0.6) is 11.5 Å². The van der Waals surface area contributed by atoms with Gasteiger partial charge in [-0.05, 0) is 59.6 Å². The van der Waals surface area contributed by atoms with Crippen LogP contribution in [0.4, 0.5) is 13.2 Å². The van der Waals surface area contributed by atoms with Crippen molar-refractivity contribution in [1.82, 2.24) is 10.1 Å². The molecular weight excluding hydrogens is 537 g/mol. The van der Waals surface area contributed by atoms with Crippen molar-refractivity contribution < 1.29 is 37.1 Å². The Kier molecular flexibility index (Phi) is 6.93. The van der Waals surface area contributed by atoms with Crippen molar-refractivity contribution in [3.63, 3.8) is 0 Å². The van der Waals surface area contributed by atoms with Gasteiger partial charge < -0.3 is 19.1 Å². The SMILES string of the molecule is Cc1nc(-c2ccc(-c3c(C(F)(F)F)ccc4c3CCC4CCOc3ccc4c(c3)OCC4CC(=O)O)cc2)no1. The zero-order valence-electron chi connectivity index (χ0n) is 22.2. The first-order valence-electron chi connectivity index (χ1n) is 13.4. The summed E-state index contributed by atoms with van der Waals surface area (Å²) in [4.78, 5) is 15.3. The Bertz CT molecular complexity index is 1600. The van der Waals surface area contributed by atoms with E-state index < -0.39 is 17.7 Å². The summed E-state index contributed by atoms with van der Waals surface area (Å²) in [5.41, 5.74) is 3.24. The Balaban J connectivity index is 1.20. The second kappa shape index (κ2) is 10.6. The Morgan fingerprint density at radius 1 is 1.05 bits per heavy atom. The highest BCUT2D eigenvalue weighted by Crippen LogP contribution is 2.47. The highest BCUT2D eigenvalue weighted by Gasteiger charge is 2.37. The molecule has 41 heavy (non-hydrogen) atoms. The maximum Gasteiger partial charge on any atom is 0.417 e. The minimum absolute atomic E-state index is 0.00891. The summed E-state index contributed by atoms with van der Waals surface area (Å²) in [6, 6.07) is 15.0. The summed E-state index contributed by atoms with van der Waals surface area (Å²) in [7, 11) is 0. The average molecular weight is 565 g/mol. The molecule has 6 rings (SSSR count). The topological polar surface area (TPSA) is 94.7 Å². The number of benzene rings is 3. The lowest BCUT2D eigenvalue weighted by molar-refractivity contribution is -0.138. The van der Waals surface area contributed by atoms with Gasteiger partial charge in [0, 0.05) is 30.0 Å². The van der Waals surface area contributed by atoms with Gasteiger partial charge in [0.1, 0.15) is 11.5 Å². The van der Waals surface area contributed by atoms with Crippen molar-refractivity contribution in [3.05, 3.63) is 82.7 Å². The number of aliphatic carboxylic acids is 1. The van der Waals surface area contributed by atoms with Gasteiger partial charge in [-0.25, -0.2) is 0 Å². The fraction of sp³-hybridized carbons (Fsp3) is 0.323. The number of aromatic nitrogens is 2. The van der Waals surface area contributed by atoms with Crippen LogP contribution in [0.15, 0.2) is 59.1 Å². The minimum Gasteiger partial charge on any atom is -0.493 e. The number of carbonyl (C=O) groups is 1. The van der Waals surface area contributed by atoms with Crippen LogP contribution in [-0.4, -0.2) is 34.4 Å². The monoisotopic (exact) mass is 564 g/mol. The maximum absolute atomic E-state index is 14.1. The van der Waals surface area contributed by atoms with Crippen molar-refractivity contribution >= 4 is 5.97 Å². The zero-order valence-corrected chi connectivity index (χ0v) is 22.2. The summed E-state index contributed by atoms with van der Waals surface area (Å²) in [5, 5.41) is 13.0. The van der Waals surface area contributed by atoms with Crippen LogP contribution < -0.4 is 9.47 Å². The van der Waals surface area contributed by atoms with Crippen LogP contribution in [0.25, 0.3) is 22.5 Å². The van der Waals surface area contributed by atoms with Gasteiger partial charge in [0.15, 0.2) is 0 Å². The number of halogens is 3. The lowest BCUT2D eigenvalue weighted by Crippen LogP contribution is -2.10. The number of aryl methyl sites for hydroxylation is 1. The maximum atomic E-state index is 14.1. The van der Waals surface area contributed by atoms with Gasteiger partial charge in [-0.15, -0.1) is 0 Å². The number of fused-ring (bicyclic) bond motifs is 2. The first-order valence-corrected chi connectivity index (χ1v) is 13.4. The summed E-state index contributed by atoms with van der Waals surface area (Å²) in [6.07, 6.45) is -2.56. The van der Waals surface area contributed by atoms with Gasteiger partial charge >= 0.3 is 12.1 Å². The van der Waals surface area contributed by atoms with Crippen LogP contribution in [0, 0.1) is 6.92 Å². The summed E-state index contributed by atoms with van der Waals surface area (Å²) < 4.78 is 59.0. The molecule has 0 spiro atoms. The molecule has 0 saturated carbocycles. The van der Waals surface area contributed by atoms with E-state index in [0.29, 0.717) is 60.4 Å². The molecule has 1 aliphatic carbocycles. The fourth-order valence-electron chi connectivity index (χ4n) is 5.90. The Morgan fingerprint density at radius 3 is 2.51 bits per heavy atom. The molecule has 0 bridgehead atoms. The molecule has 10 heteroatoms. The highest BCUT2D eigenvalue weighted by atomic mass is 19.4. The highest BCUT2D eigenvalue weighted by molar-refractivity contribution is 5.76. The Morgan fingerprint density at radius 2 is 1.80 bits per heavy atom. The summed E-state index contributed by atoms with van der Waals surface area (Å²) in [5.74, 6) is 1.06. The first kappa shape index (κ1) is 26.9. The van der Waals surface area contributed by atoms with E-state index >= 15 is 0 Å². The molecule has 2 atom stereocenters. The molecule has 2 aliphatic rings. The second-order valence-electron chi connectivity index (χ2n) is 10.4. The van der Waals surface area contributed by atoms with E-state index in [-0.39, 0.29) is 23.8 Å². The number of hydrogen-bond donors (Lipinski definition) is 1. The molecular formula is C31H27F3N2O5. The van der Waals surface area contributed by atoms with E-state index in [2.05, 4.69) is 10.1 Å². The molecule has 3 aromatic carbocycles. The predicted molar refractivity (Wildman–Crippen MR) is 143 cm³/mol. The van der Waals surface area contributed by atoms with Gasteiger partial charge in [0.05, 0.1) is 25.2 Å². The number of ether oxygens (including phenoxy) is 2. The molecule has 212 valence electrons. The number of rotatable bonds is 8. The molecule has 7 nitrogen and oxygen atoms in total. The van der Waals surface area contributed by atoms with Crippen LogP contribution in [-0.2, 0) is 17.4 Å². The Labute approximate surface area is 233 Å². The summed E-state index contributed by atoms with van der Waals surface area (Å²) in [6.45, 7) is 2.39. The Hall–Kier alpha value is -4.34. The molecule has 0 fully saturated rings. The molecule has 1 aromatic heterocycles. The van der Waals surface area contributed by atoms with Crippen molar-refractivity contribution in [2.24, 2.45) is 0 Å². The number of carboxylic acids is 1. The van der Waals surface area contributed by atoms with E-state index in [4.69, 9.17) is 19.1 Å². The largest absolute Gasteiger partial charge is 0.493 e. The summed E-state index contributed by atoms with van der Waals surface area (Å²) >= 11 is 0. The second-order valence-corrected chi connectivity index (χ2v) is 10.4. The number of alkyl halides is 3. The number of carboxylic acid groups (broad SMARTS) is 1. The van der Waals surface area contributed by atoms with Gasteiger partial charge in [0.2, 0.25) is 11.7 Å². The first-order chi connectivity index (χ1) is 19.7. The van der Waals surface area contributed by atoms with E-state index in [1.165, 1.54) is 6.07 Å². The van der Waals surface area contributed by atoms with E-state index in [9.17, 15) is 18.0 Å². The number of nitrogens with zero attached hydrogens (tertiary/aromatic N) is 2. The van der Waals surface area contributed by atoms with E-state index in [0.717, 1.165) is 23.1 Å². The van der Waals surface area contributed by atoms with E-state index in [1.807, 2.05) is 6.07 Å². The van der Waals surface area contributed by atoms with Crippen molar-refractivity contribution in [3.8, 4) is 34.0 Å². The third-order valence-electron chi connectivity index (χ3n) is 7.82. The lowest BCUT2D eigenvalue weighted by Gasteiger charge is -2.19. The van der Waals surface area contributed by atoms with Crippen molar-refractivity contribution in [2.45, 2.75) is 50.6 Å². The smallest absolute Gasteiger partial charge is 0.417 e. The molecule has 0 radical (unpaired) electrons. The molecule has 0 amide bonds. The average Bonchev–Trinajstić information content (AvgIpc) is 3.66. The molecule has 1 aliphatic heterocycles. The fourth-order valence-corrected chi connectivity index (χ4v) is 5.90. The van der Waals surface area contributed by atoms with Gasteiger partial charge in [-0.2, -0.15) is 18.2 Å². The predicted octanol–water partition coefficient (Wildman–Crippen LogP) is 7.18. The van der Waals surface area contributed by atoms with Crippen molar-refractivity contribution in [1.29, 1.82) is 0 Å². The quantitative estimate of drug-likeness (QED) is 0.242. The lowest BCUT2D eigenvalue weighted by atomic mass is 9.89. The van der Waals surface area contributed by atoms with Gasteiger partial charge in [-0.1, -0.05) is 41.6 Å². The molecule has 2 unspecified atom stereocenters. The third-order valence-corrected chi connectivity index (χ3v) is 7.82. The molecule has 2 heterocycles. The van der Waals surface area contributed by atoms with Crippen LogP contribution in [0.1, 0.15) is 59.2 Å². The molecule has 0 saturated heterocycles. The standard InChI is InChI=1S/C31H27F3N2O5/c1-17-35-30(36-41-17)20-4-2-19(3-5-20)29-25-8-6-18(23(25)10-11-26(29)31(32,33)34)12-13-39-22-7-9-24-21(14-28(37)38)16-40-27(24)15-22/h2-5,7,9-11,15,18,21H,6,8,12-14,16H2,1H3,(H,37,38). The van der Waals surface area contributed by atoms with Crippen LogP contribution >= 0.6 is 0 Å². The number of hydrogen-bond acceptors (Lipinski definition) is 6. The molecule has 1 N–H and O–H groups in total. The zero-order chi connectivity index (χ0) is 28.7.